The summed E-state index contributed by atoms with van der Waals surface area (Å²) in [7, 11) is 0. The van der Waals surface area contributed by atoms with Crippen LogP contribution < -0.4 is 5.32 Å². The molecule has 1 N–H and O–H groups in total. The summed E-state index contributed by atoms with van der Waals surface area (Å²) in [6, 6.07) is 9.72. The highest BCUT2D eigenvalue weighted by Gasteiger charge is 2.07. The van der Waals surface area contributed by atoms with Gasteiger partial charge >= 0.3 is 0 Å². The van der Waals surface area contributed by atoms with E-state index in [0.29, 0.717) is 6.54 Å². The molecule has 0 spiro atoms. The largest absolute Gasteiger partial charge is 0.326 e. The Hall–Kier alpha value is -2.10. The molecule has 2 rings (SSSR count). The van der Waals surface area contributed by atoms with Crippen molar-refractivity contribution in [3.05, 3.63) is 48.3 Å². The monoisotopic (exact) mass is 243 g/mol. The molecular weight excluding hydrogens is 226 g/mol. The highest BCUT2D eigenvalue weighted by molar-refractivity contribution is 5.92. The van der Waals surface area contributed by atoms with E-state index >= 15 is 0 Å². The number of rotatable bonds is 4. The van der Waals surface area contributed by atoms with Crippen molar-refractivity contribution >= 4 is 11.6 Å². The van der Waals surface area contributed by atoms with Crippen LogP contribution in [-0.4, -0.2) is 15.7 Å². The molecule has 0 unspecified atom stereocenters. The maximum Gasteiger partial charge on any atom is 0.226 e. The summed E-state index contributed by atoms with van der Waals surface area (Å²) in [5, 5.41) is 7.05. The molecule has 2 aromatic rings. The van der Waals surface area contributed by atoms with Gasteiger partial charge < -0.3 is 5.32 Å². The van der Waals surface area contributed by atoms with Gasteiger partial charge in [0.25, 0.3) is 0 Å². The number of nitrogens with zero attached hydrogens (tertiary/aromatic N) is 2. The zero-order chi connectivity index (χ0) is 13.0. The standard InChI is InChI=1S/C14H17N3O/c1-11(2)14(18)16-13-6-3-5-12(9-13)10-17-8-4-7-15-17/h3-9,11H,10H2,1-2H3,(H,16,18). The van der Waals surface area contributed by atoms with Crippen molar-refractivity contribution in [1.29, 1.82) is 0 Å². The van der Waals surface area contributed by atoms with Gasteiger partial charge in [-0.2, -0.15) is 5.10 Å². The molecule has 0 aliphatic heterocycles. The van der Waals surface area contributed by atoms with Gasteiger partial charge in [-0.3, -0.25) is 9.48 Å². The molecule has 0 saturated heterocycles. The second-order valence-electron chi connectivity index (χ2n) is 4.55. The lowest BCUT2D eigenvalue weighted by Crippen LogP contribution is -2.17. The number of amides is 1. The number of carbonyl (C=O) groups excluding carboxylic acids is 1. The average Bonchev–Trinajstić information content (AvgIpc) is 2.82. The highest BCUT2D eigenvalue weighted by atomic mass is 16.1. The van der Waals surface area contributed by atoms with Crippen LogP contribution in [0.1, 0.15) is 19.4 Å². The number of benzene rings is 1. The molecule has 0 fully saturated rings. The van der Waals surface area contributed by atoms with Gasteiger partial charge in [-0.05, 0) is 23.8 Å². The van der Waals surface area contributed by atoms with Gasteiger partial charge in [0, 0.05) is 24.0 Å². The first-order chi connectivity index (χ1) is 8.65. The van der Waals surface area contributed by atoms with Crippen LogP contribution in [0.2, 0.25) is 0 Å². The minimum atomic E-state index is -0.0141. The first-order valence-electron chi connectivity index (χ1n) is 6.02. The van der Waals surface area contributed by atoms with E-state index in [0.717, 1.165) is 11.3 Å². The van der Waals surface area contributed by atoms with E-state index in [9.17, 15) is 4.79 Å². The van der Waals surface area contributed by atoms with Crippen LogP contribution in [-0.2, 0) is 11.3 Å². The van der Waals surface area contributed by atoms with Crippen molar-refractivity contribution in [1.82, 2.24) is 9.78 Å². The van der Waals surface area contributed by atoms with E-state index in [4.69, 9.17) is 0 Å². The van der Waals surface area contributed by atoms with Crippen molar-refractivity contribution in [2.24, 2.45) is 5.92 Å². The summed E-state index contributed by atoms with van der Waals surface area (Å²) in [4.78, 5) is 11.6. The van der Waals surface area contributed by atoms with E-state index in [1.165, 1.54) is 0 Å². The maximum atomic E-state index is 11.6. The van der Waals surface area contributed by atoms with Gasteiger partial charge in [0.05, 0.1) is 6.54 Å². The molecule has 0 atom stereocenters. The molecule has 1 amide bonds. The van der Waals surface area contributed by atoms with E-state index < -0.39 is 0 Å². The minimum absolute atomic E-state index is 0.0141. The summed E-state index contributed by atoms with van der Waals surface area (Å²) < 4.78 is 1.85. The predicted molar refractivity (Wildman–Crippen MR) is 71.2 cm³/mol. The molecule has 1 aromatic heterocycles. The van der Waals surface area contributed by atoms with Crippen LogP contribution in [0.4, 0.5) is 5.69 Å². The third-order valence-electron chi connectivity index (χ3n) is 2.62. The van der Waals surface area contributed by atoms with Gasteiger partial charge in [0.2, 0.25) is 5.91 Å². The Kier molecular flexibility index (Phi) is 3.77. The van der Waals surface area contributed by atoms with Gasteiger partial charge in [0.1, 0.15) is 0 Å². The molecule has 0 aliphatic rings. The summed E-state index contributed by atoms with van der Waals surface area (Å²) in [5.74, 6) is 0.0195. The fraction of sp³-hybridized carbons (Fsp3) is 0.286. The van der Waals surface area contributed by atoms with E-state index in [2.05, 4.69) is 10.4 Å². The topological polar surface area (TPSA) is 46.9 Å². The lowest BCUT2D eigenvalue weighted by molar-refractivity contribution is -0.118. The molecule has 0 radical (unpaired) electrons. The SMILES string of the molecule is CC(C)C(=O)Nc1cccc(Cn2cccn2)c1. The number of anilines is 1. The van der Waals surface area contributed by atoms with Crippen LogP contribution >= 0.6 is 0 Å². The number of carbonyl (C=O) groups is 1. The average molecular weight is 243 g/mol. The molecule has 1 aromatic carbocycles. The fourth-order valence-electron chi connectivity index (χ4n) is 1.62. The molecule has 4 nitrogen and oxygen atoms in total. The predicted octanol–water partition coefficient (Wildman–Crippen LogP) is 2.53. The Bertz CT molecular complexity index is 518. The smallest absolute Gasteiger partial charge is 0.226 e. The number of aromatic nitrogens is 2. The normalized spacial score (nSPS) is 10.6. The highest BCUT2D eigenvalue weighted by Crippen LogP contribution is 2.12. The molecule has 1 heterocycles. The molecule has 0 bridgehead atoms. The Morgan fingerprint density at radius 3 is 2.89 bits per heavy atom. The molecule has 94 valence electrons. The van der Waals surface area contributed by atoms with Gasteiger partial charge in [0.15, 0.2) is 0 Å². The minimum Gasteiger partial charge on any atom is -0.326 e. The van der Waals surface area contributed by atoms with Crippen molar-refractivity contribution in [3.8, 4) is 0 Å². The van der Waals surface area contributed by atoms with E-state index in [-0.39, 0.29) is 11.8 Å². The zero-order valence-corrected chi connectivity index (χ0v) is 10.6. The van der Waals surface area contributed by atoms with Gasteiger partial charge in [-0.1, -0.05) is 26.0 Å². The lowest BCUT2D eigenvalue weighted by Gasteiger charge is -2.09. The first kappa shape index (κ1) is 12.4. The van der Waals surface area contributed by atoms with Crippen molar-refractivity contribution in [3.63, 3.8) is 0 Å². The van der Waals surface area contributed by atoms with Crippen LogP contribution in [0.5, 0.6) is 0 Å². The summed E-state index contributed by atoms with van der Waals surface area (Å²) >= 11 is 0. The zero-order valence-electron chi connectivity index (χ0n) is 10.6. The van der Waals surface area contributed by atoms with E-state index in [1.54, 1.807) is 6.20 Å². The Morgan fingerprint density at radius 2 is 2.22 bits per heavy atom. The third kappa shape index (κ3) is 3.20. The quantitative estimate of drug-likeness (QED) is 0.897. The number of nitrogens with one attached hydrogen (secondary N) is 1. The molecular formula is C14H17N3O. The molecule has 0 saturated carbocycles. The van der Waals surface area contributed by atoms with Gasteiger partial charge in [-0.25, -0.2) is 0 Å². The van der Waals surface area contributed by atoms with Crippen molar-refractivity contribution in [2.45, 2.75) is 20.4 Å². The van der Waals surface area contributed by atoms with Crippen LogP contribution in [0, 0.1) is 5.92 Å². The van der Waals surface area contributed by atoms with Crippen LogP contribution in [0.15, 0.2) is 42.7 Å². The van der Waals surface area contributed by atoms with Gasteiger partial charge in [-0.15, -0.1) is 0 Å². The number of hydrogen-bond donors (Lipinski definition) is 1. The lowest BCUT2D eigenvalue weighted by atomic mass is 10.1. The summed E-state index contributed by atoms with van der Waals surface area (Å²) in [6.45, 7) is 4.46. The summed E-state index contributed by atoms with van der Waals surface area (Å²) in [5.41, 5.74) is 1.94. The Balaban J connectivity index is 2.08. The van der Waals surface area contributed by atoms with Crippen LogP contribution in [0.25, 0.3) is 0 Å². The van der Waals surface area contributed by atoms with E-state index in [1.807, 2.05) is 55.1 Å². The molecule has 0 aliphatic carbocycles. The maximum absolute atomic E-state index is 11.6. The van der Waals surface area contributed by atoms with Crippen molar-refractivity contribution < 1.29 is 4.79 Å². The molecule has 18 heavy (non-hydrogen) atoms. The number of hydrogen-bond acceptors (Lipinski definition) is 2. The fourth-order valence-corrected chi connectivity index (χ4v) is 1.62. The van der Waals surface area contributed by atoms with Crippen molar-refractivity contribution in [2.75, 3.05) is 5.32 Å². The van der Waals surface area contributed by atoms with Crippen LogP contribution in [0.3, 0.4) is 0 Å². The summed E-state index contributed by atoms with van der Waals surface area (Å²) in [6.07, 6.45) is 3.67. The molecule has 4 heteroatoms. The Morgan fingerprint density at radius 1 is 1.39 bits per heavy atom. The Labute approximate surface area is 107 Å². The first-order valence-corrected chi connectivity index (χ1v) is 6.02. The second kappa shape index (κ2) is 5.49. The third-order valence-corrected chi connectivity index (χ3v) is 2.62. The second-order valence-corrected chi connectivity index (χ2v) is 4.55.